The van der Waals surface area contributed by atoms with Crippen molar-refractivity contribution in [1.29, 1.82) is 0 Å². The van der Waals surface area contributed by atoms with Gasteiger partial charge in [-0.15, -0.1) is 0 Å². The van der Waals surface area contributed by atoms with Gasteiger partial charge in [0.1, 0.15) is 0 Å². The van der Waals surface area contributed by atoms with Crippen molar-refractivity contribution in [3.05, 3.63) is 12.2 Å². The summed E-state index contributed by atoms with van der Waals surface area (Å²) in [7, 11) is 0. The maximum absolute atomic E-state index is 9.64. The molecule has 0 bridgehead atoms. The minimum absolute atomic E-state index is 0.447. The lowest BCUT2D eigenvalue weighted by Crippen LogP contribution is -2.63. The highest BCUT2D eigenvalue weighted by Crippen LogP contribution is 1.67. The molecule has 0 aromatic rings. The van der Waals surface area contributed by atoms with Crippen molar-refractivity contribution in [3.63, 3.8) is 0 Å². The van der Waals surface area contributed by atoms with Crippen molar-refractivity contribution in [2.75, 3.05) is 0 Å². The van der Waals surface area contributed by atoms with Crippen LogP contribution in [0.1, 0.15) is 6.92 Å². The number of aliphatic carboxylic acids is 3. The smallest absolute Gasteiger partial charge is 0.362 e. The highest BCUT2D eigenvalue weighted by atomic mass is 16.4. The lowest BCUT2D eigenvalue weighted by atomic mass is 10.4. The van der Waals surface area contributed by atoms with Crippen LogP contribution in [0.15, 0.2) is 12.2 Å². The van der Waals surface area contributed by atoms with Gasteiger partial charge in [-0.1, -0.05) is 0 Å². The Morgan fingerprint density at radius 1 is 1.29 bits per heavy atom. The Labute approximate surface area is 79.5 Å². The summed E-state index contributed by atoms with van der Waals surface area (Å²) in [4.78, 5) is 28.6. The fraction of sp³-hybridized carbons (Fsp3) is 0.286. The van der Waals surface area contributed by atoms with Crippen LogP contribution >= 0.6 is 0 Å². The zero-order valence-corrected chi connectivity index (χ0v) is 7.47. The number of hydrogen-bond acceptors (Lipinski definition) is 4. The highest BCUT2D eigenvalue weighted by Gasteiger charge is 2.04. The second-order valence-electron chi connectivity index (χ2n) is 2.23. The number of carbonyl (C=O) groups excluding carboxylic acids is 1. The molecule has 5 N–H and O–H groups in total. The SMILES string of the molecule is C[C@@H]([NH3+])C(=O)O.O=C([O-])/C=C\C(=O)O. The molecular weight excluding hydrogens is 194 g/mol. The average molecular weight is 205 g/mol. The van der Waals surface area contributed by atoms with E-state index >= 15 is 0 Å². The Morgan fingerprint density at radius 3 is 1.71 bits per heavy atom. The summed E-state index contributed by atoms with van der Waals surface area (Å²) in [5.74, 6) is -3.66. The molecule has 7 nitrogen and oxygen atoms in total. The summed E-state index contributed by atoms with van der Waals surface area (Å²) in [5, 5.41) is 25.2. The van der Waals surface area contributed by atoms with Gasteiger partial charge in [0, 0.05) is 6.08 Å². The first-order valence-electron chi connectivity index (χ1n) is 3.45. The first-order valence-corrected chi connectivity index (χ1v) is 3.45. The third-order valence-electron chi connectivity index (χ3n) is 0.784. The van der Waals surface area contributed by atoms with Crippen LogP contribution in [0.5, 0.6) is 0 Å². The van der Waals surface area contributed by atoms with E-state index in [9.17, 15) is 19.5 Å². The summed E-state index contributed by atoms with van der Waals surface area (Å²) in [6.07, 6.45) is 0.942. The van der Waals surface area contributed by atoms with Crippen LogP contribution in [0, 0.1) is 0 Å². The Hall–Kier alpha value is -1.89. The first-order chi connectivity index (χ1) is 6.27. The molecule has 0 saturated heterocycles. The van der Waals surface area contributed by atoms with Gasteiger partial charge >= 0.3 is 11.9 Å². The van der Waals surface area contributed by atoms with Crippen molar-refractivity contribution >= 4 is 17.9 Å². The average Bonchev–Trinajstić information content (AvgIpc) is 2.01. The zero-order chi connectivity index (χ0) is 11.7. The molecule has 7 heteroatoms. The quantitative estimate of drug-likeness (QED) is 0.421. The van der Waals surface area contributed by atoms with E-state index in [1.54, 1.807) is 0 Å². The second-order valence-corrected chi connectivity index (χ2v) is 2.23. The third kappa shape index (κ3) is 16.6. The van der Waals surface area contributed by atoms with E-state index in [0.717, 1.165) is 0 Å². The molecule has 14 heavy (non-hydrogen) atoms. The van der Waals surface area contributed by atoms with Gasteiger partial charge in [-0.25, -0.2) is 9.59 Å². The number of carboxylic acid groups (broad SMARTS) is 3. The molecule has 0 saturated carbocycles. The highest BCUT2D eigenvalue weighted by molar-refractivity contribution is 5.88. The lowest BCUT2D eigenvalue weighted by molar-refractivity contribution is -0.402. The maximum atomic E-state index is 9.64. The summed E-state index contributed by atoms with van der Waals surface area (Å²) >= 11 is 0. The van der Waals surface area contributed by atoms with Gasteiger partial charge in [0.15, 0.2) is 6.04 Å². The van der Waals surface area contributed by atoms with Crippen molar-refractivity contribution in [1.82, 2.24) is 0 Å². The van der Waals surface area contributed by atoms with Crippen molar-refractivity contribution in [2.45, 2.75) is 13.0 Å². The molecular formula is C7H11NO6. The molecule has 1 atom stereocenters. The fourth-order valence-corrected chi connectivity index (χ4v) is 0.139. The lowest BCUT2D eigenvalue weighted by Gasteiger charge is -1.86. The van der Waals surface area contributed by atoms with E-state index in [-0.39, 0.29) is 0 Å². The monoisotopic (exact) mass is 205 g/mol. The Bertz CT molecular complexity index is 229. The van der Waals surface area contributed by atoms with E-state index in [1.807, 2.05) is 0 Å². The fourth-order valence-electron chi connectivity index (χ4n) is 0.139. The molecule has 0 heterocycles. The van der Waals surface area contributed by atoms with Crippen LogP contribution < -0.4 is 10.8 Å². The van der Waals surface area contributed by atoms with Gasteiger partial charge in [-0.3, -0.25) is 0 Å². The molecule has 0 aromatic heterocycles. The molecule has 0 aromatic carbocycles. The Morgan fingerprint density at radius 2 is 1.64 bits per heavy atom. The van der Waals surface area contributed by atoms with E-state index in [0.29, 0.717) is 12.2 Å². The Balaban J connectivity index is 0. The number of carbonyl (C=O) groups is 3. The zero-order valence-electron chi connectivity index (χ0n) is 7.47. The predicted octanol–water partition coefficient (Wildman–Crippen LogP) is -2.92. The molecule has 0 aliphatic carbocycles. The van der Waals surface area contributed by atoms with Crippen LogP contribution in [0.2, 0.25) is 0 Å². The largest absolute Gasteiger partial charge is 0.545 e. The van der Waals surface area contributed by atoms with Crippen molar-refractivity contribution in [2.24, 2.45) is 0 Å². The van der Waals surface area contributed by atoms with Gasteiger partial charge in [0.25, 0.3) is 0 Å². The first kappa shape index (κ1) is 14.6. The van der Waals surface area contributed by atoms with Crippen LogP contribution in [-0.4, -0.2) is 34.2 Å². The minimum Gasteiger partial charge on any atom is -0.545 e. The number of quaternary nitrogens is 1. The van der Waals surface area contributed by atoms with Gasteiger partial charge < -0.3 is 25.8 Å². The minimum atomic E-state index is -1.51. The molecule has 0 radical (unpaired) electrons. The van der Waals surface area contributed by atoms with Crippen molar-refractivity contribution in [3.8, 4) is 0 Å². The van der Waals surface area contributed by atoms with Gasteiger partial charge in [-0.05, 0) is 13.0 Å². The molecule has 0 fully saturated rings. The molecule has 0 amide bonds. The molecule has 0 rings (SSSR count). The second kappa shape index (κ2) is 7.74. The van der Waals surface area contributed by atoms with Gasteiger partial charge in [0.2, 0.25) is 0 Å². The number of hydrogen-bond donors (Lipinski definition) is 3. The number of carboxylic acids is 3. The van der Waals surface area contributed by atoms with Crippen LogP contribution in [-0.2, 0) is 14.4 Å². The van der Waals surface area contributed by atoms with E-state index < -0.39 is 23.9 Å². The summed E-state index contributed by atoms with van der Waals surface area (Å²) in [6, 6.07) is -0.481. The summed E-state index contributed by atoms with van der Waals surface area (Å²) in [5.41, 5.74) is 3.24. The van der Waals surface area contributed by atoms with E-state index in [1.165, 1.54) is 6.92 Å². The van der Waals surface area contributed by atoms with Gasteiger partial charge in [-0.2, -0.15) is 0 Å². The molecule has 0 aliphatic heterocycles. The van der Waals surface area contributed by atoms with Crippen LogP contribution in [0.4, 0.5) is 0 Å². The molecule has 80 valence electrons. The summed E-state index contributed by atoms with van der Waals surface area (Å²) in [6.45, 7) is 1.53. The van der Waals surface area contributed by atoms with Crippen LogP contribution in [0.25, 0.3) is 0 Å². The standard InChI is InChI=1S/C4H4O4.C3H7NO2/c5-3(6)1-2-4(7)8;1-2(4)3(5)6/h1-2H,(H,5,6)(H,7,8);2H,4H2,1H3,(H,5,6)/b2-1-;/t;2-/m.1/s1. The predicted molar refractivity (Wildman–Crippen MR) is 41.8 cm³/mol. The Kier molecular flexibility index (Phi) is 8.09. The molecule has 0 spiro atoms. The van der Waals surface area contributed by atoms with Crippen LogP contribution in [0.3, 0.4) is 0 Å². The molecule has 0 unspecified atom stereocenters. The van der Waals surface area contributed by atoms with E-state index in [2.05, 4.69) is 5.73 Å². The maximum Gasteiger partial charge on any atom is 0.362 e. The van der Waals surface area contributed by atoms with Gasteiger partial charge in [0.05, 0.1) is 5.97 Å². The van der Waals surface area contributed by atoms with E-state index in [4.69, 9.17) is 10.2 Å². The summed E-state index contributed by atoms with van der Waals surface area (Å²) < 4.78 is 0. The molecule has 0 aliphatic rings. The normalized spacial score (nSPS) is 11.3. The van der Waals surface area contributed by atoms with Crippen molar-refractivity contribution < 1.29 is 35.4 Å². The third-order valence-corrected chi connectivity index (χ3v) is 0.784. The number of rotatable bonds is 3. The topological polar surface area (TPSA) is 142 Å².